The fourth-order valence-corrected chi connectivity index (χ4v) is 3.36. The quantitative estimate of drug-likeness (QED) is 0.887. The molecule has 2 heterocycles. The lowest BCUT2D eigenvalue weighted by atomic mass is 9.99. The van der Waals surface area contributed by atoms with Crippen LogP contribution in [-0.4, -0.2) is 47.9 Å². The van der Waals surface area contributed by atoms with Crippen molar-refractivity contribution in [2.45, 2.75) is 26.7 Å². The number of nitrogens with one attached hydrogen (secondary N) is 1. The summed E-state index contributed by atoms with van der Waals surface area (Å²) in [5.74, 6) is -0.319. The van der Waals surface area contributed by atoms with Crippen molar-refractivity contribution in [3.05, 3.63) is 17.5 Å². The Morgan fingerprint density at radius 3 is 2.52 bits per heavy atom. The number of aryl methyl sites for hydroxylation is 2. The van der Waals surface area contributed by atoms with Crippen molar-refractivity contribution in [1.29, 1.82) is 0 Å². The third kappa shape index (κ3) is 4.21. The molecule has 0 saturated carbocycles. The van der Waals surface area contributed by atoms with Crippen molar-refractivity contribution < 1.29 is 13.2 Å². The van der Waals surface area contributed by atoms with Gasteiger partial charge in [0.25, 0.3) is 0 Å². The van der Waals surface area contributed by atoms with Gasteiger partial charge in [0.1, 0.15) is 0 Å². The standard InChI is InChI=1S/C13H20N4O3S/c1-9-7-10(2)15-13(14-9)16-12(18)11-5-4-6-17(8-11)21(3,19)20/h7,11H,4-6,8H2,1-3H3,(H,14,15,16,18). The van der Waals surface area contributed by atoms with Gasteiger partial charge in [-0.3, -0.25) is 10.1 Å². The van der Waals surface area contributed by atoms with E-state index in [-0.39, 0.29) is 24.3 Å². The summed E-state index contributed by atoms with van der Waals surface area (Å²) in [4.78, 5) is 20.6. The first kappa shape index (κ1) is 15.8. The van der Waals surface area contributed by atoms with Crippen LogP contribution in [0.2, 0.25) is 0 Å². The highest BCUT2D eigenvalue weighted by Crippen LogP contribution is 2.20. The number of carbonyl (C=O) groups is 1. The van der Waals surface area contributed by atoms with Crippen molar-refractivity contribution in [2.24, 2.45) is 5.92 Å². The SMILES string of the molecule is Cc1cc(C)nc(NC(=O)C2CCCN(S(C)(=O)=O)C2)n1. The van der Waals surface area contributed by atoms with E-state index in [0.717, 1.165) is 11.4 Å². The number of rotatable bonds is 3. The Bertz CT molecular complexity index is 625. The lowest BCUT2D eigenvalue weighted by molar-refractivity contribution is -0.120. The molecule has 2 rings (SSSR count). The van der Waals surface area contributed by atoms with Crippen LogP contribution in [0.1, 0.15) is 24.2 Å². The first-order valence-corrected chi connectivity index (χ1v) is 8.69. The maximum Gasteiger partial charge on any atom is 0.231 e. The molecule has 0 spiro atoms. The van der Waals surface area contributed by atoms with E-state index in [1.54, 1.807) is 0 Å². The van der Waals surface area contributed by atoms with Crippen LogP contribution in [0.5, 0.6) is 0 Å². The number of hydrogen-bond donors (Lipinski definition) is 1. The predicted molar refractivity (Wildman–Crippen MR) is 79.3 cm³/mol. The molecule has 1 amide bonds. The third-order valence-electron chi connectivity index (χ3n) is 3.44. The fourth-order valence-electron chi connectivity index (χ4n) is 2.45. The molecule has 0 radical (unpaired) electrons. The molecule has 1 aromatic heterocycles. The molecule has 7 nitrogen and oxygen atoms in total. The Morgan fingerprint density at radius 1 is 1.33 bits per heavy atom. The van der Waals surface area contributed by atoms with E-state index in [1.165, 1.54) is 10.6 Å². The molecule has 1 saturated heterocycles. The average molecular weight is 312 g/mol. The second kappa shape index (κ2) is 6.07. The smallest absolute Gasteiger partial charge is 0.231 e. The number of carbonyl (C=O) groups excluding carboxylic acids is 1. The van der Waals surface area contributed by atoms with Crippen molar-refractivity contribution in [3.63, 3.8) is 0 Å². The van der Waals surface area contributed by atoms with Gasteiger partial charge in [-0.25, -0.2) is 22.7 Å². The Labute approximate surface area is 124 Å². The summed E-state index contributed by atoms with van der Waals surface area (Å²) in [6, 6.07) is 1.82. The summed E-state index contributed by atoms with van der Waals surface area (Å²) in [7, 11) is -3.26. The molecule has 1 aromatic rings. The Morgan fingerprint density at radius 2 is 1.95 bits per heavy atom. The van der Waals surface area contributed by atoms with Gasteiger partial charge in [-0.05, 0) is 32.8 Å². The molecule has 21 heavy (non-hydrogen) atoms. The van der Waals surface area contributed by atoms with Gasteiger partial charge >= 0.3 is 0 Å². The Balaban J connectivity index is 2.06. The van der Waals surface area contributed by atoms with Crippen LogP contribution in [0.3, 0.4) is 0 Å². The molecule has 116 valence electrons. The van der Waals surface area contributed by atoms with Gasteiger partial charge in [-0.2, -0.15) is 0 Å². The molecule has 1 aliphatic rings. The molecule has 8 heteroatoms. The van der Waals surface area contributed by atoms with Crippen molar-refractivity contribution in [2.75, 3.05) is 24.7 Å². The molecule has 0 aliphatic carbocycles. The highest BCUT2D eigenvalue weighted by Gasteiger charge is 2.30. The zero-order chi connectivity index (χ0) is 15.6. The molecule has 1 fully saturated rings. The van der Waals surface area contributed by atoms with E-state index >= 15 is 0 Å². The summed E-state index contributed by atoms with van der Waals surface area (Å²) in [6.07, 6.45) is 2.52. The van der Waals surface area contributed by atoms with Crippen molar-refractivity contribution >= 4 is 21.9 Å². The molecule has 1 atom stereocenters. The molecule has 1 unspecified atom stereocenters. The normalized spacial score (nSPS) is 20.2. The van der Waals surface area contributed by atoms with E-state index in [1.807, 2.05) is 19.9 Å². The van der Waals surface area contributed by atoms with Crippen LogP contribution >= 0.6 is 0 Å². The monoisotopic (exact) mass is 312 g/mol. The number of nitrogens with zero attached hydrogens (tertiary/aromatic N) is 3. The van der Waals surface area contributed by atoms with Gasteiger partial charge in [0.2, 0.25) is 21.9 Å². The highest BCUT2D eigenvalue weighted by molar-refractivity contribution is 7.88. The number of sulfonamides is 1. The average Bonchev–Trinajstić information content (AvgIpc) is 2.36. The fraction of sp³-hybridized carbons (Fsp3) is 0.615. The van der Waals surface area contributed by atoms with Crippen molar-refractivity contribution in [3.8, 4) is 0 Å². The minimum absolute atomic E-state index is 0.218. The summed E-state index contributed by atoms with van der Waals surface area (Å²) in [5.41, 5.74) is 1.55. The number of amides is 1. The molecule has 1 N–H and O–H groups in total. The molecular formula is C13H20N4O3S. The van der Waals surface area contributed by atoms with Crippen LogP contribution in [0.25, 0.3) is 0 Å². The minimum atomic E-state index is -3.26. The molecular weight excluding hydrogens is 292 g/mol. The Kier molecular flexibility index (Phi) is 4.58. The summed E-state index contributed by atoms with van der Waals surface area (Å²) >= 11 is 0. The first-order valence-electron chi connectivity index (χ1n) is 6.84. The van der Waals surface area contributed by atoms with Gasteiger partial charge in [0, 0.05) is 24.5 Å². The summed E-state index contributed by atoms with van der Waals surface area (Å²) in [5, 5.41) is 2.68. The highest BCUT2D eigenvalue weighted by atomic mass is 32.2. The van der Waals surface area contributed by atoms with Crippen LogP contribution < -0.4 is 5.32 Å². The lowest BCUT2D eigenvalue weighted by Crippen LogP contribution is -2.43. The third-order valence-corrected chi connectivity index (χ3v) is 4.71. The van der Waals surface area contributed by atoms with E-state index in [0.29, 0.717) is 19.4 Å². The number of aromatic nitrogens is 2. The number of piperidine rings is 1. The molecule has 1 aliphatic heterocycles. The van der Waals surface area contributed by atoms with E-state index in [9.17, 15) is 13.2 Å². The minimum Gasteiger partial charge on any atom is -0.294 e. The second-order valence-electron chi connectivity index (χ2n) is 5.42. The van der Waals surface area contributed by atoms with Crippen molar-refractivity contribution in [1.82, 2.24) is 14.3 Å². The number of hydrogen-bond acceptors (Lipinski definition) is 5. The van der Waals surface area contributed by atoms with Crippen LogP contribution in [0, 0.1) is 19.8 Å². The van der Waals surface area contributed by atoms with E-state index in [4.69, 9.17) is 0 Å². The molecule has 0 aromatic carbocycles. The topological polar surface area (TPSA) is 92.3 Å². The Hall–Kier alpha value is -1.54. The zero-order valence-electron chi connectivity index (χ0n) is 12.5. The predicted octanol–water partition coefficient (Wildman–Crippen LogP) is 0.704. The summed E-state index contributed by atoms with van der Waals surface area (Å²) in [6.45, 7) is 4.35. The molecule has 0 bridgehead atoms. The summed E-state index contributed by atoms with van der Waals surface area (Å²) < 4.78 is 24.5. The second-order valence-corrected chi connectivity index (χ2v) is 7.41. The van der Waals surface area contributed by atoms with Crippen LogP contribution in [-0.2, 0) is 14.8 Å². The maximum atomic E-state index is 12.3. The largest absolute Gasteiger partial charge is 0.294 e. The van der Waals surface area contributed by atoms with Crippen LogP contribution in [0.15, 0.2) is 6.07 Å². The lowest BCUT2D eigenvalue weighted by Gasteiger charge is -2.29. The van der Waals surface area contributed by atoms with Gasteiger partial charge < -0.3 is 0 Å². The van der Waals surface area contributed by atoms with Gasteiger partial charge in [0.05, 0.1) is 12.2 Å². The zero-order valence-corrected chi connectivity index (χ0v) is 13.3. The van der Waals surface area contributed by atoms with Gasteiger partial charge in [-0.1, -0.05) is 0 Å². The van der Waals surface area contributed by atoms with E-state index < -0.39 is 10.0 Å². The first-order chi connectivity index (χ1) is 9.75. The maximum absolute atomic E-state index is 12.3. The number of anilines is 1. The van der Waals surface area contributed by atoms with E-state index in [2.05, 4.69) is 15.3 Å². The van der Waals surface area contributed by atoms with Crippen LogP contribution in [0.4, 0.5) is 5.95 Å². The van der Waals surface area contributed by atoms with Gasteiger partial charge in [0.15, 0.2) is 0 Å². The van der Waals surface area contributed by atoms with Gasteiger partial charge in [-0.15, -0.1) is 0 Å².